The molecular formula is C22H44N2O4. The number of hydrogen-bond donors (Lipinski definition) is 4. The van der Waals surface area contributed by atoms with Crippen LogP contribution >= 0.6 is 0 Å². The number of carbonyl (C=O) groups excluding carboxylic acids is 1. The van der Waals surface area contributed by atoms with Crippen molar-refractivity contribution in [3.8, 4) is 0 Å². The van der Waals surface area contributed by atoms with Crippen molar-refractivity contribution in [2.24, 2.45) is 5.73 Å². The summed E-state index contributed by atoms with van der Waals surface area (Å²) in [7, 11) is 0. The lowest BCUT2D eigenvalue weighted by atomic mass is 10.0. The number of nitrogens with one attached hydrogen (secondary N) is 1. The molecule has 2 atom stereocenters. The Morgan fingerprint density at radius 3 is 1.71 bits per heavy atom. The summed E-state index contributed by atoms with van der Waals surface area (Å²) in [5.74, 6) is -1.29. The summed E-state index contributed by atoms with van der Waals surface area (Å²) >= 11 is 0. The van der Waals surface area contributed by atoms with Gasteiger partial charge in [0.2, 0.25) is 5.91 Å². The quantitative estimate of drug-likeness (QED) is 0.229. The van der Waals surface area contributed by atoms with E-state index in [0.717, 1.165) is 19.3 Å². The van der Waals surface area contributed by atoms with E-state index in [2.05, 4.69) is 12.2 Å². The molecule has 1 amide bonds. The lowest BCUT2D eigenvalue weighted by Crippen LogP contribution is -2.41. The summed E-state index contributed by atoms with van der Waals surface area (Å²) in [5, 5.41) is 21.1. The van der Waals surface area contributed by atoms with Gasteiger partial charge in [0.05, 0.1) is 6.10 Å². The molecular weight excluding hydrogens is 356 g/mol. The van der Waals surface area contributed by atoms with Gasteiger partial charge in [0.25, 0.3) is 0 Å². The molecule has 0 aromatic rings. The van der Waals surface area contributed by atoms with Gasteiger partial charge >= 0.3 is 5.97 Å². The van der Waals surface area contributed by atoms with Crippen LogP contribution < -0.4 is 11.1 Å². The Balaban J connectivity index is 3.56. The number of unbranched alkanes of at least 4 members (excludes halogenated alkanes) is 12. The maximum atomic E-state index is 11.9. The Morgan fingerprint density at radius 1 is 0.821 bits per heavy atom. The number of hydrogen-bond acceptors (Lipinski definition) is 4. The molecule has 0 aromatic heterocycles. The molecule has 166 valence electrons. The molecule has 0 aliphatic rings. The van der Waals surface area contributed by atoms with E-state index in [1.54, 1.807) is 0 Å². The summed E-state index contributed by atoms with van der Waals surface area (Å²) in [5.41, 5.74) is 5.31. The highest BCUT2D eigenvalue weighted by atomic mass is 16.4. The number of aliphatic hydroxyl groups is 1. The average molecular weight is 401 g/mol. The van der Waals surface area contributed by atoms with Gasteiger partial charge < -0.3 is 21.3 Å². The highest BCUT2D eigenvalue weighted by Gasteiger charge is 2.20. The number of rotatable bonds is 20. The van der Waals surface area contributed by atoms with Gasteiger partial charge in [-0.15, -0.1) is 0 Å². The van der Waals surface area contributed by atoms with Crippen molar-refractivity contribution in [1.82, 2.24) is 5.32 Å². The Bertz CT molecular complexity index is 391. The van der Waals surface area contributed by atoms with Crippen molar-refractivity contribution < 1.29 is 19.8 Å². The maximum absolute atomic E-state index is 11.9. The van der Waals surface area contributed by atoms with Gasteiger partial charge in [-0.3, -0.25) is 4.79 Å². The zero-order chi connectivity index (χ0) is 21.0. The second-order valence-electron chi connectivity index (χ2n) is 7.92. The number of aliphatic carboxylic acids is 1. The van der Waals surface area contributed by atoms with E-state index in [4.69, 9.17) is 10.8 Å². The Hall–Kier alpha value is -1.14. The highest BCUT2D eigenvalue weighted by Crippen LogP contribution is 2.13. The van der Waals surface area contributed by atoms with Crippen LogP contribution in [-0.4, -0.2) is 40.8 Å². The average Bonchev–Trinajstić information content (AvgIpc) is 2.68. The van der Waals surface area contributed by atoms with Crippen LogP contribution in [-0.2, 0) is 9.59 Å². The van der Waals surface area contributed by atoms with E-state index in [1.165, 1.54) is 64.2 Å². The fourth-order valence-electron chi connectivity index (χ4n) is 3.30. The van der Waals surface area contributed by atoms with Gasteiger partial charge in [-0.2, -0.15) is 0 Å². The van der Waals surface area contributed by atoms with Crippen molar-refractivity contribution in [1.29, 1.82) is 0 Å². The van der Waals surface area contributed by atoms with Crippen LogP contribution in [0, 0.1) is 0 Å². The third kappa shape index (κ3) is 17.0. The summed E-state index contributed by atoms with van der Waals surface area (Å²) in [6.45, 7) is 2.34. The monoisotopic (exact) mass is 400 g/mol. The Kier molecular flexibility index (Phi) is 18.4. The summed E-state index contributed by atoms with van der Waals surface area (Å²) in [6.07, 6.45) is 16.3. The van der Waals surface area contributed by atoms with Crippen molar-refractivity contribution >= 4 is 11.9 Å². The second-order valence-corrected chi connectivity index (χ2v) is 7.92. The van der Waals surface area contributed by atoms with E-state index < -0.39 is 18.1 Å². The van der Waals surface area contributed by atoms with Crippen LogP contribution in [0.2, 0.25) is 0 Å². The van der Waals surface area contributed by atoms with Gasteiger partial charge in [0, 0.05) is 13.0 Å². The molecule has 0 spiro atoms. The second kappa shape index (κ2) is 19.2. The van der Waals surface area contributed by atoms with E-state index in [-0.39, 0.29) is 25.3 Å². The fourth-order valence-corrected chi connectivity index (χ4v) is 3.30. The molecule has 0 fully saturated rings. The topological polar surface area (TPSA) is 113 Å². The van der Waals surface area contributed by atoms with Crippen molar-refractivity contribution in [2.75, 3.05) is 6.54 Å². The predicted molar refractivity (Wildman–Crippen MR) is 114 cm³/mol. The zero-order valence-corrected chi connectivity index (χ0v) is 18.0. The first-order valence-corrected chi connectivity index (χ1v) is 11.4. The molecule has 0 bridgehead atoms. The lowest BCUT2D eigenvalue weighted by molar-refractivity contribution is -0.142. The molecule has 28 heavy (non-hydrogen) atoms. The van der Waals surface area contributed by atoms with E-state index in [1.807, 2.05) is 0 Å². The van der Waals surface area contributed by atoms with Gasteiger partial charge in [0.1, 0.15) is 6.04 Å². The smallest absolute Gasteiger partial charge is 0.326 e. The molecule has 0 heterocycles. The molecule has 5 N–H and O–H groups in total. The molecule has 6 nitrogen and oxygen atoms in total. The van der Waals surface area contributed by atoms with Crippen LogP contribution in [0.25, 0.3) is 0 Å². The van der Waals surface area contributed by atoms with Gasteiger partial charge in [-0.05, 0) is 19.3 Å². The van der Waals surface area contributed by atoms with Crippen LogP contribution in [0.15, 0.2) is 0 Å². The minimum absolute atomic E-state index is 0.0965. The summed E-state index contributed by atoms with van der Waals surface area (Å²) in [6, 6.07) is -0.948. The van der Waals surface area contributed by atoms with Crippen LogP contribution in [0.1, 0.15) is 110 Å². The molecule has 0 saturated heterocycles. The minimum atomic E-state index is -1.07. The van der Waals surface area contributed by atoms with Gasteiger partial charge in [0.15, 0.2) is 0 Å². The number of nitrogens with two attached hydrogens (primary N) is 1. The maximum Gasteiger partial charge on any atom is 0.326 e. The van der Waals surface area contributed by atoms with Crippen LogP contribution in [0.4, 0.5) is 0 Å². The first-order chi connectivity index (χ1) is 13.5. The van der Waals surface area contributed by atoms with Crippen molar-refractivity contribution in [2.45, 2.75) is 122 Å². The molecule has 0 aromatic carbocycles. The van der Waals surface area contributed by atoms with E-state index in [0.29, 0.717) is 6.42 Å². The minimum Gasteiger partial charge on any atom is -0.480 e. The number of amides is 1. The number of carboxylic acid groups (broad SMARTS) is 1. The molecule has 6 heteroatoms. The first kappa shape index (κ1) is 26.9. The van der Waals surface area contributed by atoms with Crippen LogP contribution in [0.5, 0.6) is 0 Å². The fraction of sp³-hybridized carbons (Fsp3) is 0.909. The lowest BCUT2D eigenvalue weighted by Gasteiger charge is -2.16. The molecule has 0 aliphatic heterocycles. The summed E-state index contributed by atoms with van der Waals surface area (Å²) in [4.78, 5) is 23.1. The first-order valence-electron chi connectivity index (χ1n) is 11.4. The molecule has 0 aliphatic carbocycles. The van der Waals surface area contributed by atoms with Gasteiger partial charge in [-0.1, -0.05) is 84.0 Å². The van der Waals surface area contributed by atoms with Crippen molar-refractivity contribution in [3.05, 3.63) is 0 Å². The number of carbonyl (C=O) groups is 2. The van der Waals surface area contributed by atoms with E-state index >= 15 is 0 Å². The third-order valence-corrected chi connectivity index (χ3v) is 5.20. The highest BCUT2D eigenvalue weighted by molar-refractivity contribution is 5.83. The zero-order valence-electron chi connectivity index (χ0n) is 18.0. The Labute approximate surface area is 171 Å². The molecule has 0 saturated carbocycles. The normalized spacial score (nSPS) is 13.2. The predicted octanol–water partition coefficient (Wildman–Crippen LogP) is 4.14. The molecule has 0 radical (unpaired) electrons. The number of aliphatic hydroxyl groups excluding tert-OH is 1. The molecule has 0 rings (SSSR count). The van der Waals surface area contributed by atoms with E-state index in [9.17, 15) is 14.7 Å². The number of carboxylic acids is 1. The largest absolute Gasteiger partial charge is 0.480 e. The SMILES string of the molecule is CCCCCCCCCCCCCCCC(=O)N[C@@H](CC[C@@H](O)CN)C(=O)O. The third-order valence-electron chi connectivity index (χ3n) is 5.20. The standard InChI is InChI=1S/C22H44N2O4/c1-2-3-4-5-6-7-8-9-10-11-12-13-14-15-21(26)24-20(22(27)28)17-16-19(25)18-23/h19-20,25H,2-18,23H2,1H3,(H,24,26)(H,27,28)/t19-,20+/m1/s1. The summed E-state index contributed by atoms with van der Waals surface area (Å²) < 4.78 is 0. The van der Waals surface area contributed by atoms with Crippen molar-refractivity contribution in [3.63, 3.8) is 0 Å². The van der Waals surface area contributed by atoms with Gasteiger partial charge in [-0.25, -0.2) is 4.79 Å². The van der Waals surface area contributed by atoms with Crippen LogP contribution in [0.3, 0.4) is 0 Å². The molecule has 0 unspecified atom stereocenters. The Morgan fingerprint density at radius 2 is 1.29 bits per heavy atom.